The minimum atomic E-state index is 0.653. The predicted octanol–water partition coefficient (Wildman–Crippen LogP) is 3.35. The van der Waals surface area contributed by atoms with Gasteiger partial charge in [0, 0.05) is 36.6 Å². The van der Waals surface area contributed by atoms with E-state index in [2.05, 4.69) is 48.5 Å². The van der Waals surface area contributed by atoms with E-state index in [0.29, 0.717) is 6.04 Å². The molecule has 1 aliphatic carbocycles. The lowest BCUT2D eigenvalue weighted by molar-refractivity contribution is 0.173. The van der Waals surface area contributed by atoms with Crippen LogP contribution in [-0.4, -0.2) is 30.1 Å². The molecule has 2 nitrogen and oxygen atoms in total. The van der Waals surface area contributed by atoms with Crippen molar-refractivity contribution < 1.29 is 0 Å². The molecular formula is C15H26N2S. The van der Waals surface area contributed by atoms with Crippen LogP contribution in [0.3, 0.4) is 0 Å². The molecule has 1 heterocycles. The van der Waals surface area contributed by atoms with E-state index in [1.54, 1.807) is 0 Å². The predicted molar refractivity (Wildman–Crippen MR) is 80.1 cm³/mol. The van der Waals surface area contributed by atoms with Gasteiger partial charge in [-0.15, -0.1) is 11.3 Å². The van der Waals surface area contributed by atoms with Gasteiger partial charge in [-0.2, -0.15) is 0 Å². The summed E-state index contributed by atoms with van der Waals surface area (Å²) in [6, 6.07) is 5.85. The molecule has 0 spiro atoms. The number of nitrogens with one attached hydrogen (secondary N) is 1. The summed E-state index contributed by atoms with van der Waals surface area (Å²) in [5, 5.41) is 5.74. The van der Waals surface area contributed by atoms with Crippen LogP contribution in [-0.2, 0) is 6.54 Å². The number of thiophene rings is 1. The smallest absolute Gasteiger partial charge is 0.0300 e. The molecule has 1 aliphatic rings. The second-order valence-electron chi connectivity index (χ2n) is 5.88. The van der Waals surface area contributed by atoms with Gasteiger partial charge in [-0.3, -0.25) is 4.90 Å². The highest BCUT2D eigenvalue weighted by molar-refractivity contribution is 7.09. The Balaban J connectivity index is 1.72. The summed E-state index contributed by atoms with van der Waals surface area (Å²) >= 11 is 1.84. The fourth-order valence-corrected chi connectivity index (χ4v) is 3.13. The van der Waals surface area contributed by atoms with E-state index in [1.807, 2.05) is 11.3 Å². The molecule has 0 saturated heterocycles. The second-order valence-corrected chi connectivity index (χ2v) is 6.91. The van der Waals surface area contributed by atoms with Gasteiger partial charge in [-0.1, -0.05) is 19.9 Å². The van der Waals surface area contributed by atoms with Crippen LogP contribution in [0.5, 0.6) is 0 Å². The van der Waals surface area contributed by atoms with Crippen molar-refractivity contribution in [1.82, 2.24) is 10.2 Å². The minimum Gasteiger partial charge on any atom is -0.310 e. The topological polar surface area (TPSA) is 15.3 Å². The van der Waals surface area contributed by atoms with Gasteiger partial charge in [0.05, 0.1) is 0 Å². The van der Waals surface area contributed by atoms with Crippen LogP contribution >= 0.6 is 11.3 Å². The molecule has 1 N–H and O–H groups in total. The molecule has 0 radical (unpaired) electrons. The molecule has 0 aromatic carbocycles. The summed E-state index contributed by atoms with van der Waals surface area (Å²) < 4.78 is 0. The summed E-state index contributed by atoms with van der Waals surface area (Å²) in [6.45, 7) is 10.4. The van der Waals surface area contributed by atoms with Crippen LogP contribution in [0.25, 0.3) is 0 Å². The quantitative estimate of drug-likeness (QED) is 0.776. The van der Waals surface area contributed by atoms with Gasteiger partial charge in [0.1, 0.15) is 0 Å². The summed E-state index contributed by atoms with van der Waals surface area (Å²) in [5.41, 5.74) is 0. The third kappa shape index (κ3) is 4.38. The third-order valence-electron chi connectivity index (χ3n) is 3.48. The van der Waals surface area contributed by atoms with Crippen molar-refractivity contribution >= 4 is 11.3 Å². The SMILES string of the molecule is CC(C)CN(C(C)CNCc1cccs1)C1CC1. The third-order valence-corrected chi connectivity index (χ3v) is 4.35. The highest BCUT2D eigenvalue weighted by atomic mass is 32.1. The van der Waals surface area contributed by atoms with Crippen molar-refractivity contribution in [2.24, 2.45) is 5.92 Å². The molecule has 18 heavy (non-hydrogen) atoms. The fourth-order valence-electron chi connectivity index (χ4n) is 2.45. The maximum absolute atomic E-state index is 3.59. The normalized spacial score (nSPS) is 17.6. The van der Waals surface area contributed by atoms with Crippen LogP contribution in [0.4, 0.5) is 0 Å². The van der Waals surface area contributed by atoms with Crippen molar-refractivity contribution in [2.75, 3.05) is 13.1 Å². The lowest BCUT2D eigenvalue weighted by atomic mass is 10.1. The first-order valence-electron chi connectivity index (χ1n) is 7.15. The first kappa shape index (κ1) is 14.0. The van der Waals surface area contributed by atoms with E-state index in [1.165, 1.54) is 24.3 Å². The molecular weight excluding hydrogens is 240 g/mol. The van der Waals surface area contributed by atoms with Crippen molar-refractivity contribution in [1.29, 1.82) is 0 Å². The lowest BCUT2D eigenvalue weighted by Crippen LogP contribution is -2.43. The van der Waals surface area contributed by atoms with Crippen LogP contribution < -0.4 is 5.32 Å². The Hall–Kier alpha value is -0.380. The number of hydrogen-bond acceptors (Lipinski definition) is 3. The van der Waals surface area contributed by atoms with Crippen LogP contribution in [0.1, 0.15) is 38.5 Å². The standard InChI is InChI=1S/C15H26N2S/c1-12(2)11-17(14-6-7-14)13(3)9-16-10-15-5-4-8-18-15/h4-5,8,12-14,16H,6-7,9-11H2,1-3H3. The molecule has 1 saturated carbocycles. The molecule has 1 aromatic rings. The number of nitrogens with zero attached hydrogens (tertiary/aromatic N) is 1. The average molecular weight is 266 g/mol. The second kappa shape index (κ2) is 6.69. The zero-order valence-corrected chi connectivity index (χ0v) is 12.7. The number of hydrogen-bond donors (Lipinski definition) is 1. The Morgan fingerprint density at radius 1 is 1.39 bits per heavy atom. The van der Waals surface area contributed by atoms with Crippen molar-refractivity contribution in [3.05, 3.63) is 22.4 Å². The van der Waals surface area contributed by atoms with Gasteiger partial charge in [-0.25, -0.2) is 0 Å². The number of rotatable bonds is 8. The zero-order valence-electron chi connectivity index (χ0n) is 11.9. The van der Waals surface area contributed by atoms with Crippen LogP contribution in [0.15, 0.2) is 17.5 Å². The Bertz CT molecular complexity index is 330. The fraction of sp³-hybridized carbons (Fsp3) is 0.733. The van der Waals surface area contributed by atoms with Crippen molar-refractivity contribution in [3.8, 4) is 0 Å². The van der Waals surface area contributed by atoms with E-state index < -0.39 is 0 Å². The molecule has 3 heteroatoms. The van der Waals surface area contributed by atoms with Gasteiger partial charge in [0.15, 0.2) is 0 Å². The first-order valence-corrected chi connectivity index (χ1v) is 8.03. The average Bonchev–Trinajstić information content (AvgIpc) is 3.03. The molecule has 2 rings (SSSR count). The Labute approximate surface area is 115 Å². The first-order chi connectivity index (χ1) is 8.66. The van der Waals surface area contributed by atoms with Gasteiger partial charge >= 0.3 is 0 Å². The molecule has 1 unspecified atom stereocenters. The molecule has 0 amide bonds. The molecule has 1 fully saturated rings. The molecule has 102 valence electrons. The van der Waals surface area contributed by atoms with Gasteiger partial charge in [-0.05, 0) is 37.1 Å². The van der Waals surface area contributed by atoms with E-state index in [-0.39, 0.29) is 0 Å². The van der Waals surface area contributed by atoms with Gasteiger partial charge in [0.25, 0.3) is 0 Å². The van der Waals surface area contributed by atoms with Gasteiger partial charge < -0.3 is 5.32 Å². The van der Waals surface area contributed by atoms with E-state index in [4.69, 9.17) is 0 Å². The largest absolute Gasteiger partial charge is 0.310 e. The molecule has 0 bridgehead atoms. The highest BCUT2D eigenvalue weighted by Crippen LogP contribution is 2.29. The summed E-state index contributed by atoms with van der Waals surface area (Å²) in [6.07, 6.45) is 2.81. The highest BCUT2D eigenvalue weighted by Gasteiger charge is 2.32. The Morgan fingerprint density at radius 3 is 2.72 bits per heavy atom. The summed E-state index contributed by atoms with van der Waals surface area (Å²) in [4.78, 5) is 4.13. The van der Waals surface area contributed by atoms with Crippen molar-refractivity contribution in [2.45, 2.75) is 52.2 Å². The summed E-state index contributed by atoms with van der Waals surface area (Å²) in [5.74, 6) is 0.769. The Morgan fingerprint density at radius 2 is 2.17 bits per heavy atom. The van der Waals surface area contributed by atoms with E-state index in [0.717, 1.165) is 25.0 Å². The lowest BCUT2D eigenvalue weighted by Gasteiger charge is -2.31. The zero-order chi connectivity index (χ0) is 13.0. The van der Waals surface area contributed by atoms with Crippen LogP contribution in [0.2, 0.25) is 0 Å². The monoisotopic (exact) mass is 266 g/mol. The maximum Gasteiger partial charge on any atom is 0.0300 e. The van der Waals surface area contributed by atoms with Gasteiger partial charge in [0.2, 0.25) is 0 Å². The molecule has 0 aliphatic heterocycles. The molecule has 1 aromatic heterocycles. The van der Waals surface area contributed by atoms with Crippen molar-refractivity contribution in [3.63, 3.8) is 0 Å². The summed E-state index contributed by atoms with van der Waals surface area (Å²) in [7, 11) is 0. The van der Waals surface area contributed by atoms with E-state index >= 15 is 0 Å². The van der Waals surface area contributed by atoms with E-state index in [9.17, 15) is 0 Å². The van der Waals surface area contributed by atoms with Crippen LogP contribution in [0, 0.1) is 5.92 Å². The molecule has 1 atom stereocenters. The maximum atomic E-state index is 3.59. The Kier molecular flexibility index (Phi) is 5.22. The minimum absolute atomic E-state index is 0.653.